The molecule has 9 heteroatoms. The van der Waals surface area contributed by atoms with Crippen molar-refractivity contribution in [1.29, 1.82) is 0 Å². The van der Waals surface area contributed by atoms with Crippen molar-refractivity contribution >= 4 is 5.97 Å². The maximum Gasteiger partial charge on any atom is 0.316 e. The number of esters is 1. The second kappa shape index (κ2) is 13.9. The minimum atomic E-state index is -1.68. The molecule has 9 nitrogen and oxygen atoms in total. The number of hydrogen-bond donors (Lipinski definition) is 2. The van der Waals surface area contributed by atoms with E-state index < -0.39 is 47.7 Å². The fourth-order valence-corrected chi connectivity index (χ4v) is 7.77. The lowest BCUT2D eigenvalue weighted by atomic mass is 9.70. The highest BCUT2D eigenvalue weighted by Gasteiger charge is 2.61. The molecule has 11 atom stereocenters. The smallest absolute Gasteiger partial charge is 0.316 e. The summed E-state index contributed by atoms with van der Waals surface area (Å²) in [6.45, 7) is 12.4. The zero-order valence-electron chi connectivity index (χ0n) is 27.9. The van der Waals surface area contributed by atoms with Crippen molar-refractivity contribution in [3.05, 3.63) is 58.7 Å². The van der Waals surface area contributed by atoms with Gasteiger partial charge in [0.25, 0.3) is 0 Å². The Morgan fingerprint density at radius 2 is 1.96 bits per heavy atom. The summed E-state index contributed by atoms with van der Waals surface area (Å²) in [6.07, 6.45) is 11.0. The van der Waals surface area contributed by atoms with Crippen LogP contribution in [0.15, 0.2) is 58.7 Å². The number of aliphatic hydroxyl groups is 2. The predicted molar refractivity (Wildman–Crippen MR) is 169 cm³/mol. The summed E-state index contributed by atoms with van der Waals surface area (Å²) in [5, 5.41) is 23.9. The number of hydrogen-bond acceptors (Lipinski definition) is 9. The van der Waals surface area contributed by atoms with Crippen LogP contribution in [0.3, 0.4) is 0 Å². The Morgan fingerprint density at radius 3 is 2.69 bits per heavy atom. The molecule has 45 heavy (non-hydrogen) atoms. The largest absolute Gasteiger partial charge is 0.462 e. The van der Waals surface area contributed by atoms with Gasteiger partial charge in [-0.05, 0) is 75.5 Å². The second-order valence-corrected chi connectivity index (χ2v) is 13.8. The minimum absolute atomic E-state index is 0.0183. The molecule has 0 radical (unpaired) electrons. The molecule has 0 amide bonds. The van der Waals surface area contributed by atoms with Gasteiger partial charge in [-0.1, -0.05) is 55.9 Å². The van der Waals surface area contributed by atoms with E-state index in [1.54, 1.807) is 6.08 Å². The molecule has 3 fully saturated rings. The standard InChI is InChI=1S/C36H52O9/c1-8-23(4)31-25(6)16-30(37)35(45-31)18-28-17-27(44-35)13-12-22(3)14-21(2)10-9-11-26-19-41-33-32(42-20-40-7)24(5)15-29(34(38)43-28)36(26,33)39/h8-12,15,21,25,27-33,37,39H,13-14,16-20H2,1-7H3/b10-9+,22-12+,23-8+,26-11+/t21-,25-,27+,28-,29-,30+,31+,32+,33+,35-,36+/m0/s1. The van der Waals surface area contributed by atoms with E-state index in [1.165, 1.54) is 12.7 Å². The first-order valence-corrected chi connectivity index (χ1v) is 16.4. The number of carbonyl (C=O) groups excluding carboxylic acids is 1. The molecule has 4 aliphatic heterocycles. The van der Waals surface area contributed by atoms with Crippen molar-refractivity contribution in [2.24, 2.45) is 17.8 Å². The SMILES string of the molecule is C/C=C(\C)[C@H]1O[C@@]2(C[C@@H]3C[C@@H](C/C=C(\C)C[C@@H](C)/C=C/C=C4\CO[C@@H]5[C@H](OCOC)C(C)=C[C@@H](C(=O)O3)[C@]45O)O2)[C@H](O)C[C@@H]1C. The van der Waals surface area contributed by atoms with Crippen molar-refractivity contribution in [2.45, 2.75) is 122 Å². The number of rotatable bonds is 4. The van der Waals surface area contributed by atoms with Gasteiger partial charge in [0.15, 0.2) is 5.79 Å². The first kappa shape index (κ1) is 34.2. The van der Waals surface area contributed by atoms with Gasteiger partial charge >= 0.3 is 5.97 Å². The fraction of sp³-hybridized carbons (Fsp3) is 0.694. The molecule has 2 bridgehead atoms. The van der Waals surface area contributed by atoms with Gasteiger partial charge < -0.3 is 38.6 Å². The van der Waals surface area contributed by atoms with Crippen molar-refractivity contribution in [1.82, 2.24) is 0 Å². The minimum Gasteiger partial charge on any atom is -0.462 e. The van der Waals surface area contributed by atoms with Gasteiger partial charge in [0.1, 0.15) is 42.7 Å². The summed E-state index contributed by atoms with van der Waals surface area (Å²) in [7, 11) is 1.54. The molecule has 0 aromatic rings. The molecule has 5 rings (SSSR count). The monoisotopic (exact) mass is 628 g/mol. The molecule has 0 aromatic carbocycles. The first-order chi connectivity index (χ1) is 21.4. The maximum atomic E-state index is 14.2. The average molecular weight is 629 g/mol. The topological polar surface area (TPSA) is 113 Å². The van der Waals surface area contributed by atoms with Crippen LogP contribution in [0, 0.1) is 17.8 Å². The molecule has 250 valence electrons. The van der Waals surface area contributed by atoms with Crippen molar-refractivity contribution in [2.75, 3.05) is 20.5 Å². The normalized spacial score (nSPS) is 45.9. The van der Waals surface area contributed by atoms with Crippen LogP contribution in [0.5, 0.6) is 0 Å². The third kappa shape index (κ3) is 6.82. The highest BCUT2D eigenvalue weighted by molar-refractivity contribution is 5.78. The van der Waals surface area contributed by atoms with Gasteiger partial charge in [0.2, 0.25) is 0 Å². The fourth-order valence-electron chi connectivity index (χ4n) is 7.77. The Bertz CT molecular complexity index is 1250. The highest BCUT2D eigenvalue weighted by Crippen LogP contribution is 2.48. The van der Waals surface area contributed by atoms with E-state index in [0.717, 1.165) is 17.6 Å². The summed E-state index contributed by atoms with van der Waals surface area (Å²) in [5.74, 6) is -2.56. The molecule has 2 N–H and O–H groups in total. The maximum absolute atomic E-state index is 14.2. The van der Waals surface area contributed by atoms with Gasteiger partial charge in [0.05, 0.1) is 18.8 Å². The summed E-state index contributed by atoms with van der Waals surface area (Å²) in [4.78, 5) is 14.2. The number of carbonyl (C=O) groups is 1. The molecule has 0 unspecified atom stereocenters. The van der Waals surface area contributed by atoms with Crippen LogP contribution in [0.25, 0.3) is 0 Å². The Balaban J connectivity index is 1.54. The molecule has 1 spiro atoms. The molecular weight excluding hydrogens is 576 g/mol. The average Bonchev–Trinajstić information content (AvgIpc) is 3.33. The van der Waals surface area contributed by atoms with Gasteiger partial charge in [-0.2, -0.15) is 0 Å². The van der Waals surface area contributed by atoms with Crippen LogP contribution in [0.4, 0.5) is 0 Å². The number of aliphatic hydroxyl groups excluding tert-OH is 1. The van der Waals surface area contributed by atoms with E-state index in [4.69, 9.17) is 28.4 Å². The number of methoxy groups -OCH3 is 1. The van der Waals surface area contributed by atoms with Crippen LogP contribution < -0.4 is 0 Å². The lowest BCUT2D eigenvalue weighted by Crippen LogP contribution is -2.62. The van der Waals surface area contributed by atoms with E-state index in [1.807, 2.05) is 39.0 Å². The summed E-state index contributed by atoms with van der Waals surface area (Å²) >= 11 is 0. The Morgan fingerprint density at radius 1 is 1.18 bits per heavy atom. The molecule has 1 aliphatic carbocycles. The van der Waals surface area contributed by atoms with Crippen LogP contribution in [0.1, 0.15) is 73.6 Å². The predicted octanol–water partition coefficient (Wildman–Crippen LogP) is 5.08. The highest BCUT2D eigenvalue weighted by atomic mass is 16.7. The summed E-state index contributed by atoms with van der Waals surface area (Å²) in [5.41, 5.74) is 1.97. The third-order valence-corrected chi connectivity index (χ3v) is 10.3. The second-order valence-electron chi connectivity index (χ2n) is 13.8. The zero-order valence-corrected chi connectivity index (χ0v) is 27.9. The van der Waals surface area contributed by atoms with Gasteiger partial charge in [-0.25, -0.2) is 0 Å². The van der Waals surface area contributed by atoms with E-state index in [9.17, 15) is 15.0 Å². The Labute approximate surface area is 267 Å². The number of fused-ring (bicyclic) bond motifs is 2. The quantitative estimate of drug-likeness (QED) is 0.250. The zero-order chi connectivity index (χ0) is 32.5. The molecule has 0 aromatic heterocycles. The van der Waals surface area contributed by atoms with Crippen LogP contribution in [0.2, 0.25) is 0 Å². The van der Waals surface area contributed by atoms with E-state index in [0.29, 0.717) is 24.8 Å². The first-order valence-electron chi connectivity index (χ1n) is 16.4. The van der Waals surface area contributed by atoms with Gasteiger partial charge in [-0.3, -0.25) is 4.79 Å². The summed E-state index contributed by atoms with van der Waals surface area (Å²) in [6, 6.07) is 0. The lowest BCUT2D eigenvalue weighted by molar-refractivity contribution is -0.363. The molecule has 5 aliphatic rings. The molecular formula is C36H52O9. The van der Waals surface area contributed by atoms with Crippen LogP contribution in [-0.4, -0.2) is 84.7 Å². The van der Waals surface area contributed by atoms with Gasteiger partial charge in [0, 0.05) is 20.0 Å². The summed E-state index contributed by atoms with van der Waals surface area (Å²) < 4.78 is 36.9. The van der Waals surface area contributed by atoms with Crippen LogP contribution >= 0.6 is 0 Å². The Hall–Kier alpha value is -2.11. The van der Waals surface area contributed by atoms with Crippen LogP contribution in [-0.2, 0) is 33.2 Å². The van der Waals surface area contributed by atoms with Crippen molar-refractivity contribution < 1.29 is 43.4 Å². The molecule has 4 heterocycles. The molecule has 3 saturated heterocycles. The number of ether oxygens (including phenoxy) is 6. The molecule has 0 saturated carbocycles. The van der Waals surface area contributed by atoms with E-state index in [2.05, 4.69) is 32.9 Å². The number of allylic oxidation sites excluding steroid dienone is 5. The van der Waals surface area contributed by atoms with E-state index >= 15 is 0 Å². The third-order valence-electron chi connectivity index (χ3n) is 10.3. The Kier molecular flexibility index (Phi) is 10.6. The van der Waals surface area contributed by atoms with E-state index in [-0.39, 0.29) is 43.9 Å². The van der Waals surface area contributed by atoms with Crippen molar-refractivity contribution in [3.8, 4) is 0 Å². The lowest BCUT2D eigenvalue weighted by Gasteiger charge is -2.52. The van der Waals surface area contributed by atoms with Gasteiger partial charge in [-0.15, -0.1) is 0 Å². The van der Waals surface area contributed by atoms with Crippen molar-refractivity contribution in [3.63, 3.8) is 0 Å².